The van der Waals surface area contributed by atoms with Crippen molar-refractivity contribution in [3.63, 3.8) is 0 Å². The van der Waals surface area contributed by atoms with Crippen LogP contribution >= 0.6 is 23.2 Å². The molecule has 0 fully saturated rings. The molecule has 12 heteroatoms. The highest BCUT2D eigenvalue weighted by molar-refractivity contribution is 6.35. The summed E-state index contributed by atoms with van der Waals surface area (Å²) in [5.41, 5.74) is -0.135. The van der Waals surface area contributed by atoms with E-state index in [1.807, 2.05) is 0 Å². The molecule has 0 saturated heterocycles. The molecule has 1 unspecified atom stereocenters. The van der Waals surface area contributed by atoms with Crippen LogP contribution in [0.4, 0.5) is 18.0 Å². The van der Waals surface area contributed by atoms with Gasteiger partial charge in [-0.25, -0.2) is 4.79 Å². The summed E-state index contributed by atoms with van der Waals surface area (Å²) in [6.45, 7) is -0.161. The molecular weight excluding hydrogens is 520 g/mol. The summed E-state index contributed by atoms with van der Waals surface area (Å²) in [5, 5.41) is 6.16. The van der Waals surface area contributed by atoms with Gasteiger partial charge in [-0.3, -0.25) is 14.5 Å². The van der Waals surface area contributed by atoms with Gasteiger partial charge in [0.25, 0.3) is 5.91 Å². The first kappa shape index (κ1) is 25.8. The highest BCUT2D eigenvalue weighted by atomic mass is 35.5. The maximum atomic E-state index is 13.7. The number of alkyl halides is 3. The lowest BCUT2D eigenvalue weighted by Gasteiger charge is -2.32. The van der Waals surface area contributed by atoms with Gasteiger partial charge in [0.05, 0.1) is 29.4 Å². The Bertz CT molecular complexity index is 1270. The normalized spacial score (nSPS) is 17.9. The van der Waals surface area contributed by atoms with Crippen molar-refractivity contribution < 1.29 is 27.6 Å². The second-order valence-electron chi connectivity index (χ2n) is 8.38. The van der Waals surface area contributed by atoms with Crippen LogP contribution in [0.2, 0.25) is 10.0 Å². The van der Waals surface area contributed by atoms with E-state index in [0.29, 0.717) is 16.5 Å². The van der Waals surface area contributed by atoms with Crippen molar-refractivity contribution in [2.24, 2.45) is 0 Å². The van der Waals surface area contributed by atoms with Crippen LogP contribution < -0.4 is 10.6 Å². The molecule has 0 bridgehead atoms. The van der Waals surface area contributed by atoms with E-state index in [1.54, 1.807) is 18.2 Å². The van der Waals surface area contributed by atoms with E-state index in [2.05, 4.69) is 10.6 Å². The van der Waals surface area contributed by atoms with E-state index < -0.39 is 35.6 Å². The summed E-state index contributed by atoms with van der Waals surface area (Å²) in [6.07, 6.45) is -4.25. The number of hydrogen-bond acceptors (Lipinski definition) is 3. The molecule has 2 N–H and O–H groups in total. The molecule has 1 atom stereocenters. The van der Waals surface area contributed by atoms with Gasteiger partial charge in [0.2, 0.25) is 5.91 Å². The molecule has 4 amide bonds. The zero-order valence-corrected chi connectivity index (χ0v) is 20.5. The molecule has 2 aromatic rings. The SMILES string of the molecule is CN1C(=O)NC(c2ccccc2C(F)(F)F)C2=C1CN(CC(=O)NCCc1ccc(Cl)cc1Cl)C2=O. The van der Waals surface area contributed by atoms with Crippen molar-refractivity contribution in [1.82, 2.24) is 20.4 Å². The Labute approximate surface area is 214 Å². The number of likely N-dealkylation sites (N-methyl/N-ethyl adjacent to an activating group) is 1. The van der Waals surface area contributed by atoms with Gasteiger partial charge in [0.15, 0.2) is 0 Å². The molecule has 2 aromatic carbocycles. The van der Waals surface area contributed by atoms with Gasteiger partial charge in [-0.15, -0.1) is 0 Å². The lowest BCUT2D eigenvalue weighted by molar-refractivity contribution is -0.138. The summed E-state index contributed by atoms with van der Waals surface area (Å²) in [7, 11) is 1.42. The number of carbonyl (C=O) groups excluding carboxylic acids is 3. The quantitative estimate of drug-likeness (QED) is 0.577. The first-order valence-electron chi connectivity index (χ1n) is 10.9. The van der Waals surface area contributed by atoms with E-state index in [9.17, 15) is 27.6 Å². The number of hydrogen-bond donors (Lipinski definition) is 2. The third-order valence-corrected chi connectivity index (χ3v) is 6.67. The first-order valence-corrected chi connectivity index (χ1v) is 11.7. The zero-order valence-electron chi connectivity index (χ0n) is 19.0. The monoisotopic (exact) mass is 540 g/mol. The van der Waals surface area contributed by atoms with Gasteiger partial charge in [0, 0.05) is 23.6 Å². The van der Waals surface area contributed by atoms with Gasteiger partial charge in [0.1, 0.15) is 6.54 Å². The maximum Gasteiger partial charge on any atom is 0.416 e. The fraction of sp³-hybridized carbons (Fsp3) is 0.292. The van der Waals surface area contributed by atoms with Gasteiger partial charge in [-0.2, -0.15) is 13.2 Å². The van der Waals surface area contributed by atoms with Crippen molar-refractivity contribution in [1.29, 1.82) is 0 Å². The van der Waals surface area contributed by atoms with Crippen LogP contribution in [0.15, 0.2) is 53.7 Å². The Kier molecular flexibility index (Phi) is 7.19. The molecule has 0 spiro atoms. The Morgan fingerprint density at radius 2 is 1.89 bits per heavy atom. The second kappa shape index (κ2) is 10.0. The second-order valence-corrected chi connectivity index (χ2v) is 9.23. The Balaban J connectivity index is 1.48. The molecular formula is C24H21Cl2F3N4O3. The summed E-state index contributed by atoms with van der Waals surface area (Å²) in [4.78, 5) is 40.7. The summed E-state index contributed by atoms with van der Waals surface area (Å²) in [5.74, 6) is -1.07. The van der Waals surface area contributed by atoms with E-state index >= 15 is 0 Å². The zero-order chi connectivity index (χ0) is 26.2. The van der Waals surface area contributed by atoms with E-state index in [0.717, 1.165) is 11.6 Å². The van der Waals surface area contributed by atoms with Crippen LogP contribution in [-0.4, -0.2) is 54.3 Å². The number of rotatable bonds is 6. The van der Waals surface area contributed by atoms with Crippen LogP contribution in [0.1, 0.15) is 22.7 Å². The predicted octanol–water partition coefficient (Wildman–Crippen LogP) is 4.16. The molecule has 0 saturated carbocycles. The fourth-order valence-corrected chi connectivity index (χ4v) is 4.78. The Morgan fingerprint density at radius 1 is 1.17 bits per heavy atom. The Hall–Kier alpha value is -3.24. The molecule has 7 nitrogen and oxygen atoms in total. The van der Waals surface area contributed by atoms with Crippen molar-refractivity contribution in [3.8, 4) is 0 Å². The third kappa shape index (κ3) is 5.15. The van der Waals surface area contributed by atoms with Crippen LogP contribution in [0.3, 0.4) is 0 Å². The number of benzene rings is 2. The molecule has 0 radical (unpaired) electrons. The van der Waals surface area contributed by atoms with Crippen molar-refractivity contribution in [2.45, 2.75) is 18.6 Å². The molecule has 4 rings (SSSR count). The molecule has 0 aliphatic carbocycles. The smallest absolute Gasteiger partial charge is 0.354 e. The minimum atomic E-state index is -4.68. The number of halogens is 5. The molecule has 0 aromatic heterocycles. The van der Waals surface area contributed by atoms with Crippen LogP contribution in [0, 0.1) is 0 Å². The van der Waals surface area contributed by atoms with Crippen molar-refractivity contribution in [2.75, 3.05) is 26.7 Å². The standard InChI is InChI=1S/C24H21Cl2F3N4O3/c1-32-18-11-33(12-19(34)30-9-8-13-6-7-14(25)10-17(13)26)22(35)20(18)21(31-23(32)36)15-4-2-3-5-16(15)24(27,28)29/h2-7,10,21H,8-9,11-12H2,1H3,(H,30,34)(H,31,36). The van der Waals surface area contributed by atoms with Gasteiger partial charge in [-0.1, -0.05) is 47.5 Å². The molecule has 2 aliphatic heterocycles. The van der Waals surface area contributed by atoms with Gasteiger partial charge < -0.3 is 15.5 Å². The fourth-order valence-electron chi connectivity index (χ4n) is 4.28. The molecule has 2 aliphatic rings. The molecule has 2 heterocycles. The van der Waals surface area contributed by atoms with Crippen LogP contribution in [0.25, 0.3) is 0 Å². The number of nitrogens with one attached hydrogen (secondary N) is 2. The number of urea groups is 1. The molecule has 36 heavy (non-hydrogen) atoms. The maximum absolute atomic E-state index is 13.7. The predicted molar refractivity (Wildman–Crippen MR) is 127 cm³/mol. The topological polar surface area (TPSA) is 81.8 Å². The number of carbonyl (C=O) groups is 3. The van der Waals surface area contributed by atoms with E-state index in [-0.39, 0.29) is 36.5 Å². The van der Waals surface area contributed by atoms with E-state index in [1.165, 1.54) is 35.0 Å². The lowest BCUT2D eigenvalue weighted by Crippen LogP contribution is -2.45. The summed E-state index contributed by atoms with van der Waals surface area (Å²) < 4.78 is 41.0. The van der Waals surface area contributed by atoms with Crippen LogP contribution in [0.5, 0.6) is 0 Å². The van der Waals surface area contributed by atoms with Gasteiger partial charge >= 0.3 is 12.2 Å². The largest absolute Gasteiger partial charge is 0.416 e. The van der Waals surface area contributed by atoms with Crippen molar-refractivity contribution >= 4 is 41.0 Å². The summed E-state index contributed by atoms with van der Waals surface area (Å²) >= 11 is 12.0. The number of nitrogens with zero attached hydrogens (tertiary/aromatic N) is 2. The highest BCUT2D eigenvalue weighted by Gasteiger charge is 2.46. The third-order valence-electron chi connectivity index (χ3n) is 6.08. The average Bonchev–Trinajstić information content (AvgIpc) is 3.13. The van der Waals surface area contributed by atoms with Crippen molar-refractivity contribution in [3.05, 3.63) is 80.5 Å². The highest BCUT2D eigenvalue weighted by Crippen LogP contribution is 2.41. The lowest BCUT2D eigenvalue weighted by atomic mass is 9.92. The molecule has 190 valence electrons. The first-order chi connectivity index (χ1) is 17.0. The minimum Gasteiger partial charge on any atom is -0.354 e. The van der Waals surface area contributed by atoms with Gasteiger partial charge in [-0.05, 0) is 35.7 Å². The Morgan fingerprint density at radius 3 is 2.58 bits per heavy atom. The average molecular weight is 541 g/mol. The van der Waals surface area contributed by atoms with Crippen LogP contribution in [-0.2, 0) is 22.2 Å². The van der Waals surface area contributed by atoms with E-state index in [4.69, 9.17) is 23.2 Å². The summed E-state index contributed by atoms with van der Waals surface area (Å²) in [6, 6.07) is 7.87. The number of amides is 4. The minimum absolute atomic E-state index is 0.00884.